The molecule has 5 nitrogen and oxygen atoms in total. The first-order valence-electron chi connectivity index (χ1n) is 7.89. The Balaban J connectivity index is 0.000000216. The van der Waals surface area contributed by atoms with E-state index in [1.807, 2.05) is 0 Å². The van der Waals surface area contributed by atoms with Gasteiger partial charge in [-0.05, 0) is 18.3 Å². The monoisotopic (exact) mass is 302 g/mol. The van der Waals surface area contributed by atoms with Crippen LogP contribution in [0.15, 0.2) is 0 Å². The molecule has 2 unspecified atom stereocenters. The van der Waals surface area contributed by atoms with E-state index >= 15 is 0 Å². The van der Waals surface area contributed by atoms with E-state index in [4.69, 9.17) is 19.3 Å². The van der Waals surface area contributed by atoms with Gasteiger partial charge < -0.3 is 19.3 Å². The van der Waals surface area contributed by atoms with Crippen LogP contribution >= 0.6 is 0 Å². The molecule has 2 heterocycles. The third kappa shape index (κ3) is 14.1. The topological polar surface area (TPSA) is 71.6 Å². The number of epoxide rings is 2. The summed E-state index contributed by atoms with van der Waals surface area (Å²) < 4.78 is 15.1. The molecule has 0 aliphatic carbocycles. The van der Waals surface area contributed by atoms with E-state index in [1.165, 1.54) is 6.42 Å². The van der Waals surface area contributed by atoms with Crippen LogP contribution in [0.3, 0.4) is 0 Å². The highest BCUT2D eigenvalue weighted by atomic mass is 16.6. The summed E-state index contributed by atoms with van der Waals surface area (Å²) in [5, 5.41) is 8.37. The van der Waals surface area contributed by atoms with Crippen molar-refractivity contribution in [2.75, 3.05) is 26.4 Å². The van der Waals surface area contributed by atoms with Crippen molar-refractivity contribution >= 4 is 5.97 Å². The van der Waals surface area contributed by atoms with E-state index in [0.717, 1.165) is 45.7 Å². The van der Waals surface area contributed by atoms with Gasteiger partial charge in [0, 0.05) is 6.42 Å². The highest BCUT2D eigenvalue weighted by Gasteiger charge is 2.26. The standard InChI is InChI=1S/C10H20O2.C6H10O3/c1-10(2,3)8-6-4-5-7-9(11)12;1(5-3-8-5)7-2-6-4-9-6/h4-8H2,1-3H3,(H,11,12);5-6H,1-4H2. The summed E-state index contributed by atoms with van der Waals surface area (Å²) in [5.41, 5.74) is 0.392. The zero-order valence-corrected chi connectivity index (χ0v) is 13.6. The molecule has 2 aliphatic rings. The summed E-state index contributed by atoms with van der Waals surface area (Å²) in [7, 11) is 0. The van der Waals surface area contributed by atoms with Gasteiger partial charge >= 0.3 is 5.97 Å². The van der Waals surface area contributed by atoms with Gasteiger partial charge in [-0.2, -0.15) is 0 Å². The first-order chi connectivity index (χ1) is 9.87. The third-order valence-corrected chi connectivity index (χ3v) is 3.23. The van der Waals surface area contributed by atoms with Gasteiger partial charge in [0.2, 0.25) is 0 Å². The summed E-state index contributed by atoms with van der Waals surface area (Å²) >= 11 is 0. The molecule has 2 atom stereocenters. The van der Waals surface area contributed by atoms with E-state index in [1.54, 1.807) is 0 Å². The van der Waals surface area contributed by atoms with Crippen LogP contribution in [-0.2, 0) is 19.0 Å². The van der Waals surface area contributed by atoms with Gasteiger partial charge in [-0.1, -0.05) is 33.6 Å². The van der Waals surface area contributed by atoms with Crippen molar-refractivity contribution in [1.29, 1.82) is 0 Å². The summed E-state index contributed by atoms with van der Waals surface area (Å²) in [6.45, 7) is 9.90. The zero-order chi connectivity index (χ0) is 15.7. The maximum atomic E-state index is 10.2. The number of unbranched alkanes of at least 4 members (excludes halogenated alkanes) is 2. The SMILES string of the molecule is C(OCC1CO1)C1CO1.CC(C)(C)CCCCCC(=O)O. The molecule has 21 heavy (non-hydrogen) atoms. The van der Waals surface area contributed by atoms with Crippen molar-refractivity contribution in [3.8, 4) is 0 Å². The number of hydrogen-bond donors (Lipinski definition) is 1. The van der Waals surface area contributed by atoms with Gasteiger partial charge in [0.15, 0.2) is 0 Å². The molecule has 0 aromatic carbocycles. The molecule has 0 radical (unpaired) electrons. The number of hydrogen-bond acceptors (Lipinski definition) is 4. The number of ether oxygens (including phenoxy) is 3. The van der Waals surface area contributed by atoms with E-state index < -0.39 is 5.97 Å². The predicted molar refractivity (Wildman–Crippen MR) is 80.5 cm³/mol. The quantitative estimate of drug-likeness (QED) is 0.524. The first-order valence-corrected chi connectivity index (χ1v) is 7.89. The van der Waals surface area contributed by atoms with Crippen LogP contribution in [0.5, 0.6) is 0 Å². The molecule has 2 aliphatic heterocycles. The Morgan fingerprint density at radius 3 is 2.00 bits per heavy atom. The van der Waals surface area contributed by atoms with Crippen LogP contribution in [0.25, 0.3) is 0 Å². The Morgan fingerprint density at radius 1 is 1.10 bits per heavy atom. The maximum Gasteiger partial charge on any atom is 0.303 e. The van der Waals surface area contributed by atoms with E-state index in [9.17, 15) is 4.79 Å². The molecular weight excluding hydrogens is 272 g/mol. The van der Waals surface area contributed by atoms with Gasteiger partial charge in [0.1, 0.15) is 12.2 Å². The molecule has 1 N–H and O–H groups in total. The minimum Gasteiger partial charge on any atom is -0.481 e. The summed E-state index contributed by atoms with van der Waals surface area (Å²) in [6, 6.07) is 0. The van der Waals surface area contributed by atoms with E-state index in [2.05, 4.69) is 20.8 Å². The largest absolute Gasteiger partial charge is 0.481 e. The fraction of sp³-hybridized carbons (Fsp3) is 0.938. The van der Waals surface area contributed by atoms with Crippen molar-refractivity contribution in [3.63, 3.8) is 0 Å². The van der Waals surface area contributed by atoms with Gasteiger partial charge in [-0.15, -0.1) is 0 Å². The minimum atomic E-state index is -0.675. The highest BCUT2D eigenvalue weighted by molar-refractivity contribution is 5.66. The van der Waals surface area contributed by atoms with Gasteiger partial charge in [-0.25, -0.2) is 0 Å². The van der Waals surface area contributed by atoms with Crippen LogP contribution in [0.1, 0.15) is 52.9 Å². The fourth-order valence-electron chi connectivity index (χ4n) is 1.77. The maximum absolute atomic E-state index is 10.2. The molecule has 5 heteroatoms. The average molecular weight is 302 g/mol. The molecule has 2 fully saturated rings. The lowest BCUT2D eigenvalue weighted by atomic mass is 9.89. The van der Waals surface area contributed by atoms with Crippen molar-refractivity contribution in [1.82, 2.24) is 0 Å². The molecule has 124 valence electrons. The van der Waals surface area contributed by atoms with Gasteiger partial charge in [-0.3, -0.25) is 4.79 Å². The Hall–Kier alpha value is -0.650. The second-order valence-electron chi connectivity index (χ2n) is 6.96. The van der Waals surface area contributed by atoms with Crippen LogP contribution in [-0.4, -0.2) is 49.7 Å². The molecule has 2 saturated heterocycles. The highest BCUT2D eigenvalue weighted by Crippen LogP contribution is 2.22. The van der Waals surface area contributed by atoms with Crippen molar-refractivity contribution in [3.05, 3.63) is 0 Å². The zero-order valence-electron chi connectivity index (χ0n) is 13.6. The normalized spacial score (nSPS) is 23.2. The first kappa shape index (κ1) is 18.4. The fourth-order valence-corrected chi connectivity index (χ4v) is 1.77. The summed E-state index contributed by atoms with van der Waals surface area (Å²) in [4.78, 5) is 10.2. The molecule has 0 bridgehead atoms. The lowest BCUT2D eigenvalue weighted by Crippen LogP contribution is -2.06. The number of aliphatic carboxylic acids is 1. The summed E-state index contributed by atoms with van der Waals surface area (Å²) in [6.07, 6.45) is 5.32. The van der Waals surface area contributed by atoms with Gasteiger partial charge in [0.05, 0.1) is 26.4 Å². The number of carboxylic acid groups (broad SMARTS) is 1. The Bertz CT molecular complexity index is 278. The average Bonchev–Trinajstić information content (AvgIpc) is 3.22. The van der Waals surface area contributed by atoms with Gasteiger partial charge in [0.25, 0.3) is 0 Å². The second kappa shape index (κ2) is 9.38. The molecule has 0 aromatic heterocycles. The Labute approximate surface area is 128 Å². The molecule has 0 saturated carbocycles. The Kier molecular flexibility index (Phi) is 8.22. The third-order valence-electron chi connectivity index (χ3n) is 3.23. The molecule has 0 amide bonds. The van der Waals surface area contributed by atoms with Crippen LogP contribution < -0.4 is 0 Å². The van der Waals surface area contributed by atoms with Crippen LogP contribution in [0.2, 0.25) is 0 Å². The molecular formula is C16H30O5. The van der Waals surface area contributed by atoms with E-state index in [-0.39, 0.29) is 0 Å². The lowest BCUT2D eigenvalue weighted by Gasteiger charge is -2.17. The van der Waals surface area contributed by atoms with Crippen molar-refractivity contribution in [2.24, 2.45) is 5.41 Å². The van der Waals surface area contributed by atoms with Crippen molar-refractivity contribution in [2.45, 2.75) is 65.1 Å². The van der Waals surface area contributed by atoms with E-state index in [0.29, 0.717) is 24.0 Å². The Morgan fingerprint density at radius 2 is 1.62 bits per heavy atom. The number of rotatable bonds is 9. The molecule has 2 rings (SSSR count). The summed E-state index contributed by atoms with van der Waals surface area (Å²) in [5.74, 6) is -0.675. The lowest BCUT2D eigenvalue weighted by molar-refractivity contribution is -0.137. The molecule has 0 spiro atoms. The minimum absolute atomic E-state index is 0.324. The second-order valence-corrected chi connectivity index (χ2v) is 6.96. The smallest absolute Gasteiger partial charge is 0.303 e. The number of carboxylic acids is 1. The van der Waals surface area contributed by atoms with Crippen LogP contribution in [0, 0.1) is 5.41 Å². The van der Waals surface area contributed by atoms with Crippen molar-refractivity contribution < 1.29 is 24.1 Å². The van der Waals surface area contributed by atoms with Crippen LogP contribution in [0.4, 0.5) is 0 Å². The number of carbonyl (C=O) groups is 1. The predicted octanol–water partition coefficient (Wildman–Crippen LogP) is 2.87. The molecule has 0 aromatic rings.